The van der Waals surface area contributed by atoms with Crippen LogP contribution in [0.1, 0.15) is 27.7 Å². The molecule has 0 bridgehead atoms. The van der Waals surface area contributed by atoms with Crippen molar-refractivity contribution in [2.45, 2.75) is 27.7 Å². The highest BCUT2D eigenvalue weighted by atomic mass is 16.5. The fourth-order valence-corrected chi connectivity index (χ4v) is 0.288. The van der Waals surface area contributed by atoms with Crippen LogP contribution in [0.2, 0.25) is 0 Å². The number of ether oxygens (including phenoxy) is 1. The first-order valence-electron chi connectivity index (χ1n) is 3.10. The fraction of sp³-hybridized carbons (Fsp3) is 0.500. The molecule has 0 aromatic heterocycles. The second kappa shape index (κ2) is 4.19. The summed E-state index contributed by atoms with van der Waals surface area (Å²) in [6.45, 7) is 7.94. The highest BCUT2D eigenvalue weighted by molar-refractivity contribution is 5.00. The summed E-state index contributed by atoms with van der Waals surface area (Å²) in [6, 6.07) is 0. The molecule has 0 spiro atoms. The molecule has 0 aliphatic heterocycles. The normalized spacial score (nSPS) is 9.78. The van der Waals surface area contributed by atoms with Crippen LogP contribution in [0.15, 0.2) is 23.7 Å². The van der Waals surface area contributed by atoms with E-state index in [1.807, 2.05) is 33.8 Å². The van der Waals surface area contributed by atoms with Crippen molar-refractivity contribution in [2.24, 2.45) is 0 Å². The summed E-state index contributed by atoms with van der Waals surface area (Å²) >= 11 is 0. The first-order valence-corrected chi connectivity index (χ1v) is 3.10. The Labute approximate surface area is 57.0 Å². The van der Waals surface area contributed by atoms with E-state index in [4.69, 9.17) is 4.74 Å². The molecule has 0 aliphatic rings. The molecular formula is C8H14O. The van der Waals surface area contributed by atoms with Gasteiger partial charge >= 0.3 is 0 Å². The number of allylic oxidation sites excluding steroid dienone is 3. The van der Waals surface area contributed by atoms with Gasteiger partial charge in [-0.05, 0) is 33.3 Å². The van der Waals surface area contributed by atoms with E-state index in [9.17, 15) is 0 Å². The average Bonchev–Trinajstić information content (AvgIpc) is 1.82. The molecule has 0 saturated heterocycles. The minimum absolute atomic E-state index is 0.980. The van der Waals surface area contributed by atoms with Crippen LogP contribution in [0, 0.1) is 0 Å². The van der Waals surface area contributed by atoms with Gasteiger partial charge in [0.15, 0.2) is 0 Å². The van der Waals surface area contributed by atoms with Crippen molar-refractivity contribution < 1.29 is 4.74 Å². The smallest absolute Gasteiger partial charge is 0.0987 e. The monoisotopic (exact) mass is 126 g/mol. The minimum atomic E-state index is 0.980. The minimum Gasteiger partial charge on any atom is -0.470 e. The topological polar surface area (TPSA) is 9.23 Å². The lowest BCUT2D eigenvalue weighted by atomic mass is 10.3. The van der Waals surface area contributed by atoms with Gasteiger partial charge in [0.1, 0.15) is 0 Å². The first kappa shape index (κ1) is 8.28. The predicted octanol–water partition coefficient (Wildman–Crippen LogP) is 2.85. The Balaban J connectivity index is 3.77. The van der Waals surface area contributed by atoms with E-state index in [1.165, 1.54) is 5.57 Å². The maximum absolute atomic E-state index is 5.15. The van der Waals surface area contributed by atoms with Crippen LogP contribution >= 0.6 is 0 Å². The van der Waals surface area contributed by atoms with Gasteiger partial charge in [0, 0.05) is 0 Å². The maximum Gasteiger partial charge on any atom is 0.0987 e. The quantitative estimate of drug-likeness (QED) is 0.517. The Hall–Kier alpha value is -0.720. The fourth-order valence-electron chi connectivity index (χ4n) is 0.288. The van der Waals surface area contributed by atoms with Crippen molar-refractivity contribution in [1.29, 1.82) is 0 Å². The van der Waals surface area contributed by atoms with E-state index >= 15 is 0 Å². The lowest BCUT2D eigenvalue weighted by Gasteiger charge is -1.99. The number of hydrogen-bond donors (Lipinski definition) is 0. The zero-order chi connectivity index (χ0) is 7.28. The summed E-state index contributed by atoms with van der Waals surface area (Å²) in [6.07, 6.45) is 3.55. The van der Waals surface area contributed by atoms with Crippen molar-refractivity contribution in [3.63, 3.8) is 0 Å². The maximum atomic E-state index is 5.15. The van der Waals surface area contributed by atoms with Crippen LogP contribution < -0.4 is 0 Å². The third-order valence-corrected chi connectivity index (χ3v) is 1.09. The van der Waals surface area contributed by atoms with E-state index in [0.29, 0.717) is 0 Å². The van der Waals surface area contributed by atoms with E-state index in [2.05, 4.69) is 0 Å². The average molecular weight is 126 g/mol. The molecule has 1 nitrogen and oxygen atoms in total. The lowest BCUT2D eigenvalue weighted by Crippen LogP contribution is -1.80. The highest BCUT2D eigenvalue weighted by Crippen LogP contribution is 2.02. The van der Waals surface area contributed by atoms with Crippen LogP contribution in [-0.2, 0) is 4.74 Å². The molecule has 0 aromatic rings. The van der Waals surface area contributed by atoms with Gasteiger partial charge in [-0.2, -0.15) is 0 Å². The van der Waals surface area contributed by atoms with Gasteiger partial charge < -0.3 is 4.74 Å². The van der Waals surface area contributed by atoms with Gasteiger partial charge in [0.05, 0.1) is 12.0 Å². The molecule has 0 heterocycles. The Morgan fingerprint density at radius 2 is 1.78 bits per heavy atom. The largest absolute Gasteiger partial charge is 0.470 e. The van der Waals surface area contributed by atoms with Crippen LogP contribution in [0.25, 0.3) is 0 Å². The molecular weight excluding hydrogens is 112 g/mol. The van der Waals surface area contributed by atoms with Crippen molar-refractivity contribution in [2.75, 3.05) is 0 Å². The summed E-state index contributed by atoms with van der Waals surface area (Å²) in [7, 11) is 0. The third-order valence-electron chi connectivity index (χ3n) is 1.09. The molecule has 0 aliphatic carbocycles. The van der Waals surface area contributed by atoms with Gasteiger partial charge in [-0.15, -0.1) is 0 Å². The molecule has 0 atom stereocenters. The van der Waals surface area contributed by atoms with Crippen molar-refractivity contribution in [1.82, 2.24) is 0 Å². The van der Waals surface area contributed by atoms with Gasteiger partial charge in [-0.25, -0.2) is 0 Å². The van der Waals surface area contributed by atoms with E-state index < -0.39 is 0 Å². The van der Waals surface area contributed by atoms with Crippen LogP contribution in [0.5, 0.6) is 0 Å². The molecule has 1 heteroatoms. The zero-order valence-electron chi connectivity index (χ0n) is 6.56. The zero-order valence-corrected chi connectivity index (χ0v) is 6.56. The van der Waals surface area contributed by atoms with E-state index in [1.54, 1.807) is 6.26 Å². The van der Waals surface area contributed by atoms with Crippen molar-refractivity contribution >= 4 is 0 Å². The Morgan fingerprint density at radius 3 is 2.11 bits per heavy atom. The first-order chi connectivity index (χ1) is 4.18. The molecule has 0 radical (unpaired) electrons. The SMILES string of the molecule is CC=COC(C)=C(C)C. The molecule has 0 N–H and O–H groups in total. The molecule has 0 amide bonds. The molecule has 0 fully saturated rings. The Morgan fingerprint density at radius 1 is 1.22 bits per heavy atom. The summed E-state index contributed by atoms with van der Waals surface area (Å²) in [5, 5.41) is 0. The van der Waals surface area contributed by atoms with Gasteiger partial charge in [-0.3, -0.25) is 0 Å². The van der Waals surface area contributed by atoms with Crippen LogP contribution in [-0.4, -0.2) is 0 Å². The highest BCUT2D eigenvalue weighted by Gasteiger charge is 1.86. The third kappa shape index (κ3) is 3.83. The molecule has 0 saturated carbocycles. The molecule has 52 valence electrons. The van der Waals surface area contributed by atoms with E-state index in [0.717, 1.165) is 5.76 Å². The lowest BCUT2D eigenvalue weighted by molar-refractivity contribution is 0.347. The molecule has 0 unspecified atom stereocenters. The van der Waals surface area contributed by atoms with Crippen LogP contribution in [0.3, 0.4) is 0 Å². The second-order valence-corrected chi connectivity index (χ2v) is 2.14. The number of hydrogen-bond acceptors (Lipinski definition) is 1. The second-order valence-electron chi connectivity index (χ2n) is 2.14. The molecule has 0 rings (SSSR count). The Bertz CT molecular complexity index is 128. The van der Waals surface area contributed by atoms with Crippen LogP contribution in [0.4, 0.5) is 0 Å². The summed E-state index contributed by atoms with van der Waals surface area (Å²) < 4.78 is 5.15. The van der Waals surface area contributed by atoms with Gasteiger partial charge in [0.2, 0.25) is 0 Å². The van der Waals surface area contributed by atoms with E-state index in [-0.39, 0.29) is 0 Å². The summed E-state index contributed by atoms with van der Waals surface area (Å²) in [5.41, 5.74) is 1.22. The van der Waals surface area contributed by atoms with Crippen molar-refractivity contribution in [3.05, 3.63) is 23.7 Å². The molecule has 0 aromatic carbocycles. The number of rotatable bonds is 2. The van der Waals surface area contributed by atoms with Gasteiger partial charge in [-0.1, -0.05) is 6.08 Å². The molecule has 9 heavy (non-hydrogen) atoms. The summed E-state index contributed by atoms with van der Waals surface area (Å²) in [4.78, 5) is 0. The van der Waals surface area contributed by atoms with Crippen molar-refractivity contribution in [3.8, 4) is 0 Å². The Kier molecular flexibility index (Phi) is 3.85. The standard InChI is InChI=1S/C8H14O/c1-5-6-9-8(4)7(2)3/h5-6H,1-4H3. The predicted molar refractivity (Wildman–Crippen MR) is 39.9 cm³/mol. The van der Waals surface area contributed by atoms with Gasteiger partial charge in [0.25, 0.3) is 0 Å². The summed E-state index contributed by atoms with van der Waals surface area (Å²) in [5.74, 6) is 0.980.